The number of rotatable bonds is 2. The number of imidazole rings is 1. The zero-order chi connectivity index (χ0) is 15.8. The summed E-state index contributed by atoms with van der Waals surface area (Å²) in [6.07, 6.45) is 1.93. The van der Waals surface area contributed by atoms with Crippen LogP contribution in [0, 0.1) is 0 Å². The highest BCUT2D eigenvalue weighted by molar-refractivity contribution is 5.90. The Morgan fingerprint density at radius 2 is 2.17 bits per heavy atom. The number of carbonyl (C=O) groups excluding carboxylic acids is 1. The van der Waals surface area contributed by atoms with Gasteiger partial charge in [-0.05, 0) is 25.0 Å². The van der Waals surface area contributed by atoms with Gasteiger partial charge in [0.25, 0.3) is 5.91 Å². The van der Waals surface area contributed by atoms with Gasteiger partial charge >= 0.3 is 0 Å². The first-order valence-electron chi connectivity index (χ1n) is 7.62. The lowest BCUT2D eigenvalue weighted by molar-refractivity contribution is 0.0693. The summed E-state index contributed by atoms with van der Waals surface area (Å²) >= 11 is 0. The van der Waals surface area contributed by atoms with E-state index in [0.717, 1.165) is 29.7 Å². The van der Waals surface area contributed by atoms with Crippen LogP contribution in [-0.2, 0) is 0 Å². The third-order valence-corrected chi connectivity index (χ3v) is 4.21. The van der Waals surface area contributed by atoms with Gasteiger partial charge in [0, 0.05) is 19.0 Å². The van der Waals surface area contributed by atoms with Crippen LogP contribution < -0.4 is 5.73 Å². The second-order valence-electron chi connectivity index (χ2n) is 5.77. The number of nitrogens with one attached hydrogen (secondary N) is 2. The average molecular weight is 311 g/mol. The van der Waals surface area contributed by atoms with E-state index < -0.39 is 0 Å². The van der Waals surface area contributed by atoms with Gasteiger partial charge < -0.3 is 15.6 Å². The van der Waals surface area contributed by atoms with Gasteiger partial charge in [-0.15, -0.1) is 5.10 Å². The highest BCUT2D eigenvalue weighted by Crippen LogP contribution is 2.27. The molecule has 0 saturated carbocycles. The molecule has 8 heteroatoms. The maximum absolute atomic E-state index is 12.5. The molecular formula is C15H17N7O. The molecule has 118 valence electrons. The molecular weight excluding hydrogens is 294 g/mol. The Balaban J connectivity index is 1.55. The second-order valence-corrected chi connectivity index (χ2v) is 5.77. The largest absolute Gasteiger partial charge is 0.366 e. The van der Waals surface area contributed by atoms with Gasteiger partial charge in [0.05, 0.1) is 11.0 Å². The van der Waals surface area contributed by atoms with Gasteiger partial charge in [-0.3, -0.25) is 9.89 Å². The number of aromatic nitrogens is 5. The van der Waals surface area contributed by atoms with Crippen LogP contribution in [0.25, 0.3) is 11.0 Å². The molecule has 0 spiro atoms. The number of hydrogen-bond acceptors (Lipinski definition) is 5. The van der Waals surface area contributed by atoms with E-state index in [2.05, 4.69) is 25.1 Å². The van der Waals surface area contributed by atoms with Gasteiger partial charge in [0.1, 0.15) is 5.82 Å². The molecule has 2 aromatic heterocycles. The van der Waals surface area contributed by atoms with Crippen LogP contribution >= 0.6 is 0 Å². The molecule has 1 aliphatic rings. The average Bonchev–Trinajstić information content (AvgIpc) is 3.20. The fourth-order valence-electron chi connectivity index (χ4n) is 3.07. The standard InChI is InChI=1S/C15H17N7O/c16-15-19-13(20-21-15)14(23)22-7-3-4-9(8-22)12-17-10-5-1-2-6-11(10)18-12/h1-2,5-6,9H,3-4,7-8H2,(H,17,18)(H3,16,19,20,21)/t9-/m1/s1. The predicted octanol–water partition coefficient (Wildman–Crippen LogP) is 1.28. The first kappa shape index (κ1) is 13.7. The van der Waals surface area contributed by atoms with Gasteiger partial charge in [-0.2, -0.15) is 4.98 Å². The minimum Gasteiger partial charge on any atom is -0.366 e. The minimum atomic E-state index is -0.171. The number of H-pyrrole nitrogens is 2. The smallest absolute Gasteiger partial charge is 0.291 e. The molecule has 1 atom stereocenters. The first-order chi connectivity index (χ1) is 11.2. The van der Waals surface area contributed by atoms with Crippen molar-refractivity contribution in [2.24, 2.45) is 0 Å². The van der Waals surface area contributed by atoms with Crippen molar-refractivity contribution < 1.29 is 4.79 Å². The molecule has 3 heterocycles. The first-order valence-corrected chi connectivity index (χ1v) is 7.62. The monoisotopic (exact) mass is 311 g/mol. The molecule has 0 bridgehead atoms. The molecule has 3 aromatic rings. The van der Waals surface area contributed by atoms with E-state index in [9.17, 15) is 4.79 Å². The third kappa shape index (κ3) is 2.52. The molecule has 1 fully saturated rings. The normalized spacial score (nSPS) is 18.4. The zero-order valence-electron chi connectivity index (χ0n) is 12.5. The Bertz CT molecular complexity index is 819. The molecule has 1 aromatic carbocycles. The highest BCUT2D eigenvalue weighted by atomic mass is 16.2. The Morgan fingerprint density at radius 1 is 1.30 bits per heavy atom. The molecule has 1 amide bonds. The molecule has 0 radical (unpaired) electrons. The number of aromatic amines is 2. The molecule has 4 N–H and O–H groups in total. The summed E-state index contributed by atoms with van der Waals surface area (Å²) in [4.78, 5) is 26.2. The zero-order valence-corrected chi connectivity index (χ0v) is 12.5. The summed E-state index contributed by atoms with van der Waals surface area (Å²) in [5.74, 6) is 1.23. The van der Waals surface area contributed by atoms with Crippen LogP contribution in [0.3, 0.4) is 0 Å². The van der Waals surface area contributed by atoms with Crippen molar-refractivity contribution >= 4 is 22.9 Å². The lowest BCUT2D eigenvalue weighted by Gasteiger charge is -2.31. The summed E-state index contributed by atoms with van der Waals surface area (Å²) in [5, 5.41) is 6.29. The van der Waals surface area contributed by atoms with Crippen LogP contribution in [0.4, 0.5) is 5.95 Å². The maximum Gasteiger partial charge on any atom is 0.291 e. The quantitative estimate of drug-likeness (QED) is 0.659. The van der Waals surface area contributed by atoms with Crippen molar-refractivity contribution in [3.63, 3.8) is 0 Å². The molecule has 1 saturated heterocycles. The van der Waals surface area contributed by atoms with Gasteiger partial charge in [-0.25, -0.2) is 4.98 Å². The topological polar surface area (TPSA) is 117 Å². The maximum atomic E-state index is 12.5. The number of hydrogen-bond donors (Lipinski definition) is 3. The van der Waals surface area contributed by atoms with Crippen LogP contribution in [-0.4, -0.2) is 49.0 Å². The van der Waals surface area contributed by atoms with E-state index in [1.165, 1.54) is 0 Å². The van der Waals surface area contributed by atoms with E-state index in [4.69, 9.17) is 5.73 Å². The number of nitrogen functional groups attached to an aromatic ring is 1. The Labute approximate surface area is 132 Å². The number of benzene rings is 1. The van der Waals surface area contributed by atoms with Crippen molar-refractivity contribution in [2.75, 3.05) is 18.8 Å². The molecule has 8 nitrogen and oxygen atoms in total. The van der Waals surface area contributed by atoms with Gasteiger partial charge in [0.15, 0.2) is 0 Å². The molecule has 4 rings (SSSR count). The number of anilines is 1. The SMILES string of the molecule is Nc1n[nH]c(C(=O)N2CCC[C@@H](c3nc4ccccc4[nH]3)C2)n1. The van der Waals surface area contributed by atoms with Gasteiger partial charge in [0.2, 0.25) is 11.8 Å². The van der Waals surface area contributed by atoms with Crippen molar-refractivity contribution in [3.8, 4) is 0 Å². The van der Waals surface area contributed by atoms with E-state index in [1.54, 1.807) is 4.90 Å². The summed E-state index contributed by atoms with van der Waals surface area (Å²) in [6.45, 7) is 1.31. The van der Waals surface area contributed by atoms with Crippen molar-refractivity contribution in [3.05, 3.63) is 35.9 Å². The van der Waals surface area contributed by atoms with Crippen LogP contribution in [0.2, 0.25) is 0 Å². The second kappa shape index (κ2) is 5.38. The number of piperidine rings is 1. The highest BCUT2D eigenvalue weighted by Gasteiger charge is 2.28. The third-order valence-electron chi connectivity index (χ3n) is 4.21. The van der Waals surface area contributed by atoms with E-state index in [-0.39, 0.29) is 23.6 Å². The summed E-state index contributed by atoms with van der Waals surface area (Å²) in [7, 11) is 0. The number of para-hydroxylation sites is 2. The number of carbonyl (C=O) groups is 1. The minimum absolute atomic E-state index is 0.0826. The summed E-state index contributed by atoms with van der Waals surface area (Å²) < 4.78 is 0. The van der Waals surface area contributed by atoms with Crippen molar-refractivity contribution in [2.45, 2.75) is 18.8 Å². The van der Waals surface area contributed by atoms with Gasteiger partial charge in [-0.1, -0.05) is 12.1 Å². The molecule has 23 heavy (non-hydrogen) atoms. The number of nitrogens with two attached hydrogens (primary N) is 1. The molecule has 0 unspecified atom stereocenters. The van der Waals surface area contributed by atoms with Crippen LogP contribution in [0.1, 0.15) is 35.2 Å². The van der Waals surface area contributed by atoms with Crippen molar-refractivity contribution in [1.82, 2.24) is 30.0 Å². The lowest BCUT2D eigenvalue weighted by atomic mass is 9.97. The summed E-state index contributed by atoms with van der Waals surface area (Å²) in [5.41, 5.74) is 7.44. The number of likely N-dealkylation sites (tertiary alicyclic amines) is 1. The predicted molar refractivity (Wildman–Crippen MR) is 84.8 cm³/mol. The van der Waals surface area contributed by atoms with Crippen LogP contribution in [0.15, 0.2) is 24.3 Å². The Morgan fingerprint density at radius 3 is 2.96 bits per heavy atom. The number of nitrogens with zero attached hydrogens (tertiary/aromatic N) is 4. The molecule has 1 aliphatic heterocycles. The Kier molecular flexibility index (Phi) is 3.22. The van der Waals surface area contributed by atoms with Crippen LogP contribution in [0.5, 0.6) is 0 Å². The number of amides is 1. The van der Waals surface area contributed by atoms with E-state index >= 15 is 0 Å². The van der Waals surface area contributed by atoms with E-state index in [1.807, 2.05) is 24.3 Å². The molecule has 0 aliphatic carbocycles. The Hall–Kier alpha value is -2.90. The lowest BCUT2D eigenvalue weighted by Crippen LogP contribution is -2.39. The van der Waals surface area contributed by atoms with Crippen molar-refractivity contribution in [1.29, 1.82) is 0 Å². The summed E-state index contributed by atoms with van der Waals surface area (Å²) in [6, 6.07) is 7.94. The fraction of sp³-hybridized carbons (Fsp3) is 0.333. The fourth-order valence-corrected chi connectivity index (χ4v) is 3.07. The van der Waals surface area contributed by atoms with E-state index in [0.29, 0.717) is 13.1 Å². The number of fused-ring (bicyclic) bond motifs is 1.